The molecule has 1 fully saturated rings. The fraction of sp³-hybridized carbons (Fsp3) is 1.00. The third-order valence-electron chi connectivity index (χ3n) is 3.27. The zero-order valence-corrected chi connectivity index (χ0v) is 10.8. The molecule has 1 aliphatic rings. The Morgan fingerprint density at radius 3 is 2.60 bits per heavy atom. The zero-order valence-electron chi connectivity index (χ0n) is 10.8. The summed E-state index contributed by atoms with van der Waals surface area (Å²) in [6.07, 6.45) is 6.82. The van der Waals surface area contributed by atoms with Crippen LogP contribution < -0.4 is 5.32 Å². The molecule has 2 atom stereocenters. The second kappa shape index (κ2) is 5.86. The van der Waals surface area contributed by atoms with Crippen LogP contribution in [-0.4, -0.2) is 25.8 Å². The molecule has 15 heavy (non-hydrogen) atoms. The predicted molar refractivity (Wildman–Crippen MR) is 65.1 cm³/mol. The van der Waals surface area contributed by atoms with E-state index in [9.17, 15) is 0 Å². The SMILES string of the molecule is COC1CCCC(NCCC(C)(C)C)C1. The van der Waals surface area contributed by atoms with Crippen LogP contribution in [0.15, 0.2) is 0 Å². The molecule has 1 saturated carbocycles. The number of nitrogens with one attached hydrogen (secondary N) is 1. The molecule has 0 aromatic rings. The number of hydrogen-bond acceptors (Lipinski definition) is 2. The summed E-state index contributed by atoms with van der Waals surface area (Å²) in [5.74, 6) is 0. The highest BCUT2D eigenvalue weighted by Gasteiger charge is 2.21. The second-order valence-corrected chi connectivity index (χ2v) is 5.99. The summed E-state index contributed by atoms with van der Waals surface area (Å²) in [6.45, 7) is 8.04. The van der Waals surface area contributed by atoms with Crippen molar-refractivity contribution in [1.82, 2.24) is 5.32 Å². The van der Waals surface area contributed by atoms with Crippen molar-refractivity contribution in [3.63, 3.8) is 0 Å². The molecule has 2 heteroatoms. The summed E-state index contributed by atoms with van der Waals surface area (Å²) in [4.78, 5) is 0. The molecule has 0 amide bonds. The van der Waals surface area contributed by atoms with Gasteiger partial charge < -0.3 is 10.1 Å². The van der Waals surface area contributed by atoms with Crippen molar-refractivity contribution in [3.8, 4) is 0 Å². The standard InChI is InChI=1S/C13H27NO/c1-13(2,3)8-9-14-11-6-5-7-12(10-11)15-4/h11-12,14H,5-10H2,1-4H3. The summed E-state index contributed by atoms with van der Waals surface area (Å²) in [7, 11) is 1.84. The van der Waals surface area contributed by atoms with Crippen molar-refractivity contribution in [2.45, 2.75) is 65.0 Å². The van der Waals surface area contributed by atoms with Gasteiger partial charge in [-0.25, -0.2) is 0 Å². The first-order chi connectivity index (χ1) is 7.01. The molecule has 0 spiro atoms. The summed E-state index contributed by atoms with van der Waals surface area (Å²) in [6, 6.07) is 0.686. The maximum absolute atomic E-state index is 5.43. The van der Waals surface area contributed by atoms with E-state index in [4.69, 9.17) is 4.74 Å². The minimum atomic E-state index is 0.447. The van der Waals surface area contributed by atoms with Gasteiger partial charge in [0.2, 0.25) is 0 Å². The molecular weight excluding hydrogens is 186 g/mol. The maximum atomic E-state index is 5.43. The normalized spacial score (nSPS) is 28.0. The van der Waals surface area contributed by atoms with Gasteiger partial charge >= 0.3 is 0 Å². The van der Waals surface area contributed by atoms with E-state index in [0.717, 1.165) is 6.54 Å². The largest absolute Gasteiger partial charge is 0.381 e. The molecule has 0 saturated heterocycles. The van der Waals surface area contributed by atoms with Gasteiger partial charge in [-0.05, 0) is 44.1 Å². The average Bonchev–Trinajstić information content (AvgIpc) is 2.16. The van der Waals surface area contributed by atoms with Gasteiger partial charge in [0.1, 0.15) is 0 Å². The van der Waals surface area contributed by atoms with Crippen LogP contribution in [0.1, 0.15) is 52.9 Å². The van der Waals surface area contributed by atoms with Crippen molar-refractivity contribution < 1.29 is 4.74 Å². The summed E-state index contributed by atoms with van der Waals surface area (Å²) >= 11 is 0. The van der Waals surface area contributed by atoms with E-state index in [1.165, 1.54) is 32.1 Å². The van der Waals surface area contributed by atoms with Gasteiger partial charge in [-0.3, -0.25) is 0 Å². The van der Waals surface area contributed by atoms with Crippen molar-refractivity contribution in [2.75, 3.05) is 13.7 Å². The lowest BCUT2D eigenvalue weighted by Crippen LogP contribution is -2.38. The molecule has 1 aliphatic carbocycles. The molecule has 2 unspecified atom stereocenters. The van der Waals surface area contributed by atoms with Crippen LogP contribution in [0, 0.1) is 5.41 Å². The van der Waals surface area contributed by atoms with Crippen LogP contribution in [-0.2, 0) is 4.74 Å². The Labute approximate surface area is 94.8 Å². The lowest BCUT2D eigenvalue weighted by atomic mass is 9.90. The molecule has 90 valence electrons. The minimum absolute atomic E-state index is 0.447. The third kappa shape index (κ3) is 5.53. The van der Waals surface area contributed by atoms with E-state index in [-0.39, 0.29) is 0 Å². The lowest BCUT2D eigenvalue weighted by Gasteiger charge is -2.30. The maximum Gasteiger partial charge on any atom is 0.0586 e. The average molecular weight is 213 g/mol. The van der Waals surface area contributed by atoms with Crippen molar-refractivity contribution in [2.24, 2.45) is 5.41 Å². The van der Waals surface area contributed by atoms with Gasteiger partial charge in [-0.15, -0.1) is 0 Å². The molecule has 1 N–H and O–H groups in total. The van der Waals surface area contributed by atoms with Gasteiger partial charge in [0.15, 0.2) is 0 Å². The number of rotatable bonds is 4. The Kier molecular flexibility index (Phi) is 5.07. The molecule has 0 aromatic heterocycles. The number of hydrogen-bond donors (Lipinski definition) is 1. The Bertz CT molecular complexity index is 174. The molecule has 1 rings (SSSR count). The monoisotopic (exact) mass is 213 g/mol. The first-order valence-electron chi connectivity index (χ1n) is 6.27. The van der Waals surface area contributed by atoms with Crippen LogP contribution >= 0.6 is 0 Å². The van der Waals surface area contributed by atoms with Crippen LogP contribution in [0.4, 0.5) is 0 Å². The Hall–Kier alpha value is -0.0800. The molecule has 0 heterocycles. The predicted octanol–water partition coefficient (Wildman–Crippen LogP) is 2.97. The number of ether oxygens (including phenoxy) is 1. The highest BCUT2D eigenvalue weighted by atomic mass is 16.5. The topological polar surface area (TPSA) is 21.3 Å². The summed E-state index contributed by atoms with van der Waals surface area (Å²) in [5.41, 5.74) is 0.447. The van der Waals surface area contributed by atoms with Gasteiger partial charge in [0.05, 0.1) is 6.10 Å². The first kappa shape index (κ1) is 13.0. The Morgan fingerprint density at radius 2 is 2.00 bits per heavy atom. The Balaban J connectivity index is 2.15. The molecule has 0 aliphatic heterocycles. The van der Waals surface area contributed by atoms with Crippen molar-refractivity contribution in [1.29, 1.82) is 0 Å². The highest BCUT2D eigenvalue weighted by Crippen LogP contribution is 2.22. The molecule has 0 radical (unpaired) electrons. The van der Waals surface area contributed by atoms with Crippen LogP contribution in [0.2, 0.25) is 0 Å². The van der Waals surface area contributed by atoms with Crippen molar-refractivity contribution in [3.05, 3.63) is 0 Å². The Morgan fingerprint density at radius 1 is 1.27 bits per heavy atom. The van der Waals surface area contributed by atoms with E-state index in [1.807, 2.05) is 7.11 Å². The third-order valence-corrected chi connectivity index (χ3v) is 3.27. The van der Waals surface area contributed by atoms with Gasteiger partial charge in [-0.2, -0.15) is 0 Å². The van der Waals surface area contributed by atoms with Crippen LogP contribution in [0.25, 0.3) is 0 Å². The number of methoxy groups -OCH3 is 1. The molecule has 2 nitrogen and oxygen atoms in total. The smallest absolute Gasteiger partial charge is 0.0586 e. The van der Waals surface area contributed by atoms with E-state index < -0.39 is 0 Å². The first-order valence-corrected chi connectivity index (χ1v) is 6.27. The fourth-order valence-corrected chi connectivity index (χ4v) is 2.20. The second-order valence-electron chi connectivity index (χ2n) is 5.99. The molecular formula is C13H27NO. The van der Waals surface area contributed by atoms with E-state index in [1.54, 1.807) is 0 Å². The lowest BCUT2D eigenvalue weighted by molar-refractivity contribution is 0.0585. The zero-order chi connectivity index (χ0) is 11.3. The highest BCUT2D eigenvalue weighted by molar-refractivity contribution is 4.78. The fourth-order valence-electron chi connectivity index (χ4n) is 2.20. The van der Waals surface area contributed by atoms with E-state index >= 15 is 0 Å². The van der Waals surface area contributed by atoms with E-state index in [0.29, 0.717) is 17.6 Å². The van der Waals surface area contributed by atoms with Gasteiger partial charge in [-0.1, -0.05) is 20.8 Å². The quantitative estimate of drug-likeness (QED) is 0.775. The van der Waals surface area contributed by atoms with Crippen molar-refractivity contribution >= 4 is 0 Å². The van der Waals surface area contributed by atoms with Crippen LogP contribution in [0.5, 0.6) is 0 Å². The van der Waals surface area contributed by atoms with Gasteiger partial charge in [0, 0.05) is 13.2 Å². The molecule has 0 bridgehead atoms. The van der Waals surface area contributed by atoms with Crippen LogP contribution in [0.3, 0.4) is 0 Å². The molecule has 0 aromatic carbocycles. The van der Waals surface area contributed by atoms with E-state index in [2.05, 4.69) is 26.1 Å². The van der Waals surface area contributed by atoms with Gasteiger partial charge in [0.25, 0.3) is 0 Å². The summed E-state index contributed by atoms with van der Waals surface area (Å²) in [5, 5.41) is 3.66. The summed E-state index contributed by atoms with van der Waals surface area (Å²) < 4.78 is 5.43. The minimum Gasteiger partial charge on any atom is -0.381 e.